The van der Waals surface area contributed by atoms with Gasteiger partial charge in [-0.05, 0) is 38.5 Å². The van der Waals surface area contributed by atoms with E-state index in [1.54, 1.807) is 11.8 Å². The van der Waals surface area contributed by atoms with Gasteiger partial charge in [0.2, 0.25) is 11.8 Å². The van der Waals surface area contributed by atoms with Crippen LogP contribution in [0.5, 0.6) is 0 Å². The van der Waals surface area contributed by atoms with Crippen LogP contribution in [0.4, 0.5) is 0 Å². The van der Waals surface area contributed by atoms with Crippen LogP contribution < -0.4 is 0 Å². The van der Waals surface area contributed by atoms with Gasteiger partial charge in [0.05, 0.1) is 0 Å². The molecule has 0 spiro atoms. The summed E-state index contributed by atoms with van der Waals surface area (Å²) in [5, 5.41) is 13.2. The lowest BCUT2D eigenvalue weighted by atomic mass is 9.84. The molecule has 3 rings (SSSR count). The van der Waals surface area contributed by atoms with E-state index in [2.05, 4.69) is 10.1 Å². The highest BCUT2D eigenvalue weighted by Crippen LogP contribution is 2.40. The molecular weight excluding hydrogens is 298 g/mol. The van der Waals surface area contributed by atoms with E-state index in [4.69, 9.17) is 4.52 Å². The number of amides is 1. The van der Waals surface area contributed by atoms with Crippen molar-refractivity contribution in [3.8, 4) is 0 Å². The van der Waals surface area contributed by atoms with Gasteiger partial charge in [-0.3, -0.25) is 4.79 Å². The highest BCUT2D eigenvalue weighted by Gasteiger charge is 2.47. The maximum Gasteiger partial charge on any atom is 0.326 e. The number of carboxylic acids is 1. The summed E-state index contributed by atoms with van der Waals surface area (Å²) in [6, 6.07) is -0.538. The minimum atomic E-state index is -0.875. The number of fused-ring (bicyclic) bond motifs is 1. The molecule has 1 saturated heterocycles. The summed E-state index contributed by atoms with van der Waals surface area (Å²) >= 11 is 0. The van der Waals surface area contributed by atoms with E-state index in [1.807, 2.05) is 0 Å². The highest BCUT2D eigenvalue weighted by atomic mass is 16.5. The van der Waals surface area contributed by atoms with E-state index in [0.29, 0.717) is 43.3 Å². The third-order valence-corrected chi connectivity index (χ3v) is 5.01. The number of carbonyl (C=O) groups is 2. The summed E-state index contributed by atoms with van der Waals surface area (Å²) in [4.78, 5) is 29.9. The molecule has 1 aromatic heterocycles. The molecule has 2 fully saturated rings. The quantitative estimate of drug-likeness (QED) is 0.890. The van der Waals surface area contributed by atoms with Gasteiger partial charge in [-0.1, -0.05) is 18.0 Å². The molecule has 3 atom stereocenters. The molecule has 0 aromatic carbocycles. The Kier molecular flexibility index (Phi) is 4.63. The van der Waals surface area contributed by atoms with Gasteiger partial charge >= 0.3 is 5.97 Å². The third-order valence-electron chi connectivity index (χ3n) is 5.01. The summed E-state index contributed by atoms with van der Waals surface area (Å²) in [6.07, 6.45) is 6.28. The van der Waals surface area contributed by atoms with E-state index in [0.717, 1.165) is 25.7 Å². The predicted octanol–water partition coefficient (Wildman–Crippen LogP) is 1.95. The summed E-state index contributed by atoms with van der Waals surface area (Å²) in [7, 11) is 0. The number of hydrogen-bond acceptors (Lipinski definition) is 5. The molecule has 2 heterocycles. The molecule has 7 heteroatoms. The van der Waals surface area contributed by atoms with E-state index in [1.165, 1.54) is 0 Å². The molecule has 1 saturated carbocycles. The number of carbonyl (C=O) groups excluding carboxylic acids is 1. The van der Waals surface area contributed by atoms with Crippen molar-refractivity contribution in [3.05, 3.63) is 11.7 Å². The topological polar surface area (TPSA) is 96.5 Å². The summed E-state index contributed by atoms with van der Waals surface area (Å²) < 4.78 is 5.04. The Labute approximate surface area is 135 Å². The summed E-state index contributed by atoms with van der Waals surface area (Å²) in [6.45, 7) is 1.75. The second-order valence-electron chi connectivity index (χ2n) is 6.59. The molecule has 1 amide bonds. The zero-order chi connectivity index (χ0) is 16.4. The number of rotatable bonds is 5. The predicted molar refractivity (Wildman–Crippen MR) is 80.6 cm³/mol. The Hall–Kier alpha value is -1.92. The van der Waals surface area contributed by atoms with Crippen molar-refractivity contribution in [2.75, 3.05) is 0 Å². The van der Waals surface area contributed by atoms with E-state index in [-0.39, 0.29) is 11.9 Å². The standard InChI is InChI=1S/C16H23N3O4/c1-10-17-14(23-18-10)7-4-8-15(20)19-12-6-3-2-5-11(12)9-13(19)16(21)22/h11-13H,2-9H2,1H3,(H,21,22)/t11-,12+,13+/m1/s1. The molecule has 23 heavy (non-hydrogen) atoms. The van der Waals surface area contributed by atoms with Crippen molar-refractivity contribution in [3.63, 3.8) is 0 Å². The molecule has 1 N–H and O–H groups in total. The summed E-state index contributed by atoms with van der Waals surface area (Å²) in [5.74, 6) is 0.541. The first kappa shape index (κ1) is 16.0. The van der Waals surface area contributed by atoms with Crippen LogP contribution in [0, 0.1) is 12.8 Å². The van der Waals surface area contributed by atoms with Gasteiger partial charge in [0, 0.05) is 18.9 Å². The van der Waals surface area contributed by atoms with Crippen LogP contribution in [-0.2, 0) is 16.0 Å². The fourth-order valence-corrected chi connectivity index (χ4v) is 4.00. The first-order valence-electron chi connectivity index (χ1n) is 8.39. The van der Waals surface area contributed by atoms with Gasteiger partial charge in [0.25, 0.3) is 0 Å². The fraction of sp³-hybridized carbons (Fsp3) is 0.750. The second-order valence-corrected chi connectivity index (χ2v) is 6.59. The minimum Gasteiger partial charge on any atom is -0.480 e. The number of likely N-dealkylation sites (tertiary alicyclic amines) is 1. The molecule has 0 unspecified atom stereocenters. The van der Waals surface area contributed by atoms with Crippen molar-refractivity contribution >= 4 is 11.9 Å². The largest absolute Gasteiger partial charge is 0.480 e. The Balaban J connectivity index is 1.60. The zero-order valence-electron chi connectivity index (χ0n) is 13.4. The molecule has 0 radical (unpaired) electrons. The van der Waals surface area contributed by atoms with Crippen LogP contribution >= 0.6 is 0 Å². The highest BCUT2D eigenvalue weighted by molar-refractivity contribution is 5.84. The van der Waals surface area contributed by atoms with Crippen LogP contribution in [0.3, 0.4) is 0 Å². The molecule has 126 valence electrons. The molecular formula is C16H23N3O4. The lowest BCUT2D eigenvalue weighted by Gasteiger charge is -2.33. The molecule has 0 bridgehead atoms. The van der Waals surface area contributed by atoms with Crippen molar-refractivity contribution in [2.24, 2.45) is 5.92 Å². The normalized spacial score (nSPS) is 27.0. The van der Waals surface area contributed by atoms with Crippen LogP contribution in [0.2, 0.25) is 0 Å². The number of aromatic nitrogens is 2. The lowest BCUT2D eigenvalue weighted by Crippen LogP contribution is -2.46. The van der Waals surface area contributed by atoms with Gasteiger partial charge in [0.1, 0.15) is 6.04 Å². The number of nitrogens with zero attached hydrogens (tertiary/aromatic N) is 3. The van der Waals surface area contributed by atoms with Gasteiger partial charge in [-0.25, -0.2) is 4.79 Å². The van der Waals surface area contributed by atoms with Gasteiger partial charge in [-0.15, -0.1) is 0 Å². The van der Waals surface area contributed by atoms with Crippen LogP contribution in [0.15, 0.2) is 4.52 Å². The average molecular weight is 321 g/mol. The molecule has 1 aliphatic heterocycles. The first-order chi connectivity index (χ1) is 11.1. The van der Waals surface area contributed by atoms with Crippen molar-refractivity contribution in [2.45, 2.75) is 70.4 Å². The van der Waals surface area contributed by atoms with Crippen molar-refractivity contribution < 1.29 is 19.2 Å². The van der Waals surface area contributed by atoms with Crippen molar-refractivity contribution in [1.82, 2.24) is 15.0 Å². The van der Waals surface area contributed by atoms with Crippen LogP contribution in [-0.4, -0.2) is 44.1 Å². The smallest absolute Gasteiger partial charge is 0.326 e. The number of carboxylic acid groups (broad SMARTS) is 1. The van der Waals surface area contributed by atoms with Gasteiger partial charge in [-0.2, -0.15) is 4.98 Å². The maximum absolute atomic E-state index is 12.6. The molecule has 7 nitrogen and oxygen atoms in total. The lowest BCUT2D eigenvalue weighted by molar-refractivity contribution is -0.149. The van der Waals surface area contributed by atoms with Crippen LogP contribution in [0.25, 0.3) is 0 Å². The Morgan fingerprint density at radius 2 is 2.13 bits per heavy atom. The van der Waals surface area contributed by atoms with Gasteiger partial charge in [0.15, 0.2) is 5.82 Å². The number of hydrogen-bond donors (Lipinski definition) is 1. The molecule has 1 aromatic rings. The van der Waals surface area contributed by atoms with Crippen molar-refractivity contribution in [1.29, 1.82) is 0 Å². The van der Waals surface area contributed by atoms with E-state index < -0.39 is 12.0 Å². The monoisotopic (exact) mass is 321 g/mol. The summed E-state index contributed by atoms with van der Waals surface area (Å²) in [5.41, 5.74) is 0. The van der Waals surface area contributed by atoms with Gasteiger partial charge < -0.3 is 14.5 Å². The first-order valence-corrected chi connectivity index (χ1v) is 8.39. The Morgan fingerprint density at radius 3 is 2.83 bits per heavy atom. The Bertz CT molecular complexity index is 586. The van der Waals surface area contributed by atoms with E-state index in [9.17, 15) is 14.7 Å². The molecule has 2 aliphatic rings. The van der Waals surface area contributed by atoms with Crippen LogP contribution in [0.1, 0.15) is 56.7 Å². The Morgan fingerprint density at radius 1 is 1.35 bits per heavy atom. The maximum atomic E-state index is 12.6. The average Bonchev–Trinajstić information content (AvgIpc) is 3.10. The second kappa shape index (κ2) is 6.68. The fourth-order valence-electron chi connectivity index (χ4n) is 4.00. The minimum absolute atomic E-state index is 0.0527. The SMILES string of the molecule is Cc1noc(CCCC(=O)N2[C@H](C(=O)O)C[C@H]3CCCC[C@@H]32)n1. The zero-order valence-corrected chi connectivity index (χ0v) is 13.4. The molecule has 1 aliphatic carbocycles. The third kappa shape index (κ3) is 3.38. The number of aryl methyl sites for hydroxylation is 2. The number of aliphatic carboxylic acids is 1. The van der Waals surface area contributed by atoms with E-state index >= 15 is 0 Å².